The van der Waals surface area contributed by atoms with Crippen LogP contribution in [0.3, 0.4) is 0 Å². The maximum atomic E-state index is 12.8. The van der Waals surface area contributed by atoms with Crippen LogP contribution in [0, 0.1) is 0 Å². The van der Waals surface area contributed by atoms with Crippen LogP contribution in [-0.2, 0) is 30.5 Å². The Bertz CT molecular complexity index is 1080. The first-order chi connectivity index (χ1) is 17.5. The summed E-state index contributed by atoms with van der Waals surface area (Å²) in [5.74, 6) is -5.13. The largest absolute Gasteiger partial charge is 0.481 e. The van der Waals surface area contributed by atoms with Gasteiger partial charge in [0, 0.05) is 6.54 Å². The van der Waals surface area contributed by atoms with Crippen LogP contribution in [0.2, 0.25) is 0 Å². The number of carboxylic acids is 2. The second-order valence-corrected chi connectivity index (χ2v) is 8.61. The average molecular weight is 535 g/mol. The second kappa shape index (κ2) is 14.0. The number of carbonyl (C=O) groups excluding carboxylic acids is 3. The minimum absolute atomic E-state index is 0.0462. The maximum absolute atomic E-state index is 12.8. The number of carboxylic acid groups (broad SMARTS) is 2. The highest BCUT2D eigenvalue weighted by Crippen LogP contribution is 2.15. The number of carbonyl (C=O) groups is 5. The van der Waals surface area contributed by atoms with Crippen molar-refractivity contribution >= 4 is 53.1 Å². The zero-order valence-electron chi connectivity index (χ0n) is 19.9. The Morgan fingerprint density at radius 1 is 1.05 bits per heavy atom. The molecule has 0 radical (unpaired) electrons. The summed E-state index contributed by atoms with van der Waals surface area (Å²) in [5.41, 5.74) is 12.7. The van der Waals surface area contributed by atoms with Crippen LogP contribution in [0.4, 0.5) is 0 Å². The molecule has 13 nitrogen and oxygen atoms in total. The molecule has 2 rings (SSSR count). The van der Waals surface area contributed by atoms with Gasteiger partial charge in [0.05, 0.1) is 6.42 Å². The van der Waals surface area contributed by atoms with Crippen molar-refractivity contribution in [2.24, 2.45) is 11.5 Å². The standard InChI is InChI=1S/C23H30N6O7S/c24-8-2-1-3-15(22(35)36)27-20(33)16(10-19(31)32)26-18(30)12-29-21(34)17(28-23(29)37)9-13-4-6-14(11-25)7-5-13/h4-7,9,15-16H,1-3,8,10-12,24-25H2,(H,26,30)(H,27,33)(H,28,37)(H,31,32)(H,35,36)/t15-,16-/m0/s1. The van der Waals surface area contributed by atoms with Gasteiger partial charge in [-0.2, -0.15) is 0 Å². The third-order valence-corrected chi connectivity index (χ3v) is 5.70. The number of nitrogens with zero attached hydrogens (tertiary/aromatic N) is 1. The van der Waals surface area contributed by atoms with Crippen LogP contribution in [0.15, 0.2) is 30.0 Å². The smallest absolute Gasteiger partial charge is 0.326 e. The number of benzene rings is 1. The van der Waals surface area contributed by atoms with Gasteiger partial charge in [-0.15, -0.1) is 0 Å². The van der Waals surface area contributed by atoms with Gasteiger partial charge in [-0.1, -0.05) is 24.3 Å². The summed E-state index contributed by atoms with van der Waals surface area (Å²) in [6.45, 7) is 0.130. The summed E-state index contributed by atoms with van der Waals surface area (Å²) in [5, 5.41) is 25.7. The zero-order valence-corrected chi connectivity index (χ0v) is 20.8. The van der Waals surface area contributed by atoms with Crippen LogP contribution < -0.4 is 27.4 Å². The van der Waals surface area contributed by atoms with Crippen molar-refractivity contribution in [2.45, 2.75) is 44.3 Å². The van der Waals surface area contributed by atoms with Crippen molar-refractivity contribution in [3.8, 4) is 0 Å². The number of hydrogen-bond donors (Lipinski definition) is 7. The van der Waals surface area contributed by atoms with Crippen molar-refractivity contribution in [2.75, 3.05) is 13.1 Å². The van der Waals surface area contributed by atoms with Gasteiger partial charge in [0.2, 0.25) is 11.8 Å². The molecule has 1 saturated heterocycles. The molecular weight excluding hydrogens is 504 g/mol. The highest BCUT2D eigenvalue weighted by atomic mass is 32.1. The molecule has 1 heterocycles. The monoisotopic (exact) mass is 534 g/mol. The Balaban J connectivity index is 2.06. The Hall–Kier alpha value is -3.88. The number of rotatable bonds is 14. The molecule has 37 heavy (non-hydrogen) atoms. The van der Waals surface area contributed by atoms with Gasteiger partial charge in [-0.3, -0.25) is 24.1 Å². The summed E-state index contributed by atoms with van der Waals surface area (Å²) < 4.78 is 0. The molecule has 1 aliphatic heterocycles. The minimum atomic E-state index is -1.57. The fourth-order valence-corrected chi connectivity index (χ4v) is 3.68. The van der Waals surface area contributed by atoms with E-state index in [0.29, 0.717) is 31.5 Å². The molecule has 0 bridgehead atoms. The highest BCUT2D eigenvalue weighted by molar-refractivity contribution is 7.80. The molecule has 0 unspecified atom stereocenters. The Labute approximate surface area is 218 Å². The van der Waals surface area contributed by atoms with E-state index in [1.165, 1.54) is 0 Å². The van der Waals surface area contributed by atoms with Crippen molar-refractivity contribution in [1.82, 2.24) is 20.9 Å². The van der Waals surface area contributed by atoms with Crippen LogP contribution in [0.25, 0.3) is 6.08 Å². The normalized spacial score (nSPS) is 15.7. The molecule has 1 aliphatic rings. The molecule has 3 amide bonds. The fraction of sp³-hybridized carbons (Fsp3) is 0.391. The van der Waals surface area contributed by atoms with Crippen LogP contribution in [-0.4, -0.2) is 75.1 Å². The molecule has 14 heteroatoms. The van der Waals surface area contributed by atoms with Gasteiger partial charge in [0.1, 0.15) is 24.3 Å². The SMILES string of the molecule is NCCCC[C@H](NC(=O)[C@H](CC(=O)O)NC(=O)CN1C(=O)C(=Cc2ccc(CN)cc2)NC1=S)C(=O)O. The highest BCUT2D eigenvalue weighted by Gasteiger charge is 2.34. The second-order valence-electron chi connectivity index (χ2n) is 8.23. The van der Waals surface area contributed by atoms with E-state index in [0.717, 1.165) is 10.5 Å². The summed E-state index contributed by atoms with van der Waals surface area (Å²) >= 11 is 5.15. The van der Waals surface area contributed by atoms with Crippen molar-refractivity contribution in [1.29, 1.82) is 0 Å². The van der Waals surface area contributed by atoms with Crippen LogP contribution in [0.1, 0.15) is 36.8 Å². The van der Waals surface area contributed by atoms with E-state index >= 15 is 0 Å². The Morgan fingerprint density at radius 3 is 2.30 bits per heavy atom. The number of hydrogen-bond acceptors (Lipinski definition) is 8. The van der Waals surface area contributed by atoms with E-state index in [9.17, 15) is 29.1 Å². The quantitative estimate of drug-likeness (QED) is 0.0859. The first-order valence-electron chi connectivity index (χ1n) is 11.4. The molecule has 1 fully saturated rings. The molecule has 0 spiro atoms. The Kier molecular flexibility index (Phi) is 11.1. The van der Waals surface area contributed by atoms with Crippen molar-refractivity contribution < 1.29 is 34.2 Å². The molecule has 1 aromatic rings. The van der Waals surface area contributed by atoms with Gasteiger partial charge >= 0.3 is 11.9 Å². The minimum Gasteiger partial charge on any atom is -0.481 e. The van der Waals surface area contributed by atoms with Crippen LogP contribution in [0.5, 0.6) is 0 Å². The number of unbranched alkanes of at least 4 members (excludes halogenated alkanes) is 1. The summed E-state index contributed by atoms with van der Waals surface area (Å²) in [6, 6.07) is 4.27. The number of nitrogens with two attached hydrogens (primary N) is 2. The molecule has 0 saturated carbocycles. The molecular formula is C23H30N6O7S. The predicted molar refractivity (Wildman–Crippen MR) is 136 cm³/mol. The maximum Gasteiger partial charge on any atom is 0.326 e. The van der Waals surface area contributed by atoms with E-state index in [4.69, 9.17) is 28.8 Å². The van der Waals surface area contributed by atoms with Gasteiger partial charge in [0.25, 0.3) is 5.91 Å². The number of nitrogens with one attached hydrogen (secondary N) is 3. The Morgan fingerprint density at radius 2 is 1.73 bits per heavy atom. The van der Waals surface area contributed by atoms with E-state index in [-0.39, 0.29) is 17.2 Å². The van der Waals surface area contributed by atoms with Gasteiger partial charge in [-0.05, 0) is 55.2 Å². The first kappa shape index (κ1) is 29.4. The van der Waals surface area contributed by atoms with Crippen molar-refractivity contribution in [3.05, 3.63) is 41.1 Å². The predicted octanol–water partition coefficient (Wildman–Crippen LogP) is -1.14. The number of thiocarbonyl (C=S) groups is 1. The van der Waals surface area contributed by atoms with Crippen LogP contribution >= 0.6 is 12.2 Å². The van der Waals surface area contributed by atoms with Gasteiger partial charge < -0.3 is 37.6 Å². The lowest BCUT2D eigenvalue weighted by molar-refractivity contribution is -0.143. The lowest BCUT2D eigenvalue weighted by atomic mass is 10.1. The molecule has 200 valence electrons. The lowest BCUT2D eigenvalue weighted by Crippen LogP contribution is -2.54. The number of aliphatic carboxylic acids is 2. The van der Waals surface area contributed by atoms with Crippen molar-refractivity contribution in [3.63, 3.8) is 0 Å². The number of amides is 3. The van der Waals surface area contributed by atoms with E-state index in [2.05, 4.69) is 16.0 Å². The van der Waals surface area contributed by atoms with E-state index in [1.807, 2.05) is 0 Å². The molecule has 0 aromatic heterocycles. The molecule has 1 aromatic carbocycles. The average Bonchev–Trinajstić information content (AvgIpc) is 3.10. The van der Waals surface area contributed by atoms with Gasteiger partial charge in [0.15, 0.2) is 5.11 Å². The lowest BCUT2D eigenvalue weighted by Gasteiger charge is -2.21. The third kappa shape index (κ3) is 8.93. The summed E-state index contributed by atoms with van der Waals surface area (Å²) in [7, 11) is 0. The molecule has 9 N–H and O–H groups in total. The molecule has 0 aliphatic carbocycles. The van der Waals surface area contributed by atoms with Gasteiger partial charge in [-0.25, -0.2) is 4.79 Å². The zero-order chi connectivity index (χ0) is 27.5. The first-order valence-corrected chi connectivity index (χ1v) is 11.8. The van der Waals surface area contributed by atoms with E-state index < -0.39 is 54.7 Å². The third-order valence-electron chi connectivity index (χ3n) is 5.38. The fourth-order valence-electron chi connectivity index (χ4n) is 3.42. The summed E-state index contributed by atoms with van der Waals surface area (Å²) in [6.07, 6.45) is 1.80. The molecule has 2 atom stereocenters. The topological polar surface area (TPSA) is 217 Å². The summed E-state index contributed by atoms with van der Waals surface area (Å²) in [4.78, 5) is 61.7. The van der Waals surface area contributed by atoms with E-state index in [1.54, 1.807) is 30.3 Å².